The Morgan fingerprint density at radius 1 is 0.941 bits per heavy atom. The number of carbonyl (C=O) groups is 3. The van der Waals surface area contributed by atoms with Gasteiger partial charge in [0.15, 0.2) is 0 Å². The fraction of sp³-hybridized carbons (Fsp3) is 0.444. The summed E-state index contributed by atoms with van der Waals surface area (Å²) < 4.78 is 16.2. The predicted molar refractivity (Wildman–Crippen MR) is 128 cm³/mol. The second-order valence-electron chi connectivity index (χ2n) is 8.38. The van der Waals surface area contributed by atoms with E-state index in [2.05, 4.69) is 5.32 Å². The molecule has 7 heteroatoms. The van der Waals surface area contributed by atoms with Crippen LogP contribution < -0.4 is 5.32 Å². The Morgan fingerprint density at radius 3 is 2.06 bits per heavy atom. The molecule has 7 nitrogen and oxygen atoms in total. The Morgan fingerprint density at radius 2 is 1.50 bits per heavy atom. The quantitative estimate of drug-likeness (QED) is 0.341. The standard InChI is InChI=1S/C27H33NO6/c1-5-32-26(30)23-17(3)28-18(4)24(27(31)33-6-2)25(23)21-14-10-7-11-19(21)15-16-22(29)34-20-12-8-9-13-20/h7,10-11,14-16,20,25,28H,5-6,8-9,12-13H2,1-4H3/b16-15+. The number of hydrogen-bond acceptors (Lipinski definition) is 7. The first-order chi connectivity index (χ1) is 16.4. The molecule has 0 unspecified atom stereocenters. The van der Waals surface area contributed by atoms with E-state index in [4.69, 9.17) is 14.2 Å². The van der Waals surface area contributed by atoms with E-state index in [0.29, 0.717) is 33.7 Å². The normalized spacial score (nSPS) is 17.2. The molecule has 0 amide bonds. The minimum atomic E-state index is -0.717. The maximum absolute atomic E-state index is 13.0. The summed E-state index contributed by atoms with van der Waals surface area (Å²) in [5.74, 6) is -2.13. The first-order valence-corrected chi connectivity index (χ1v) is 11.9. The van der Waals surface area contributed by atoms with Crippen LogP contribution in [0, 0.1) is 0 Å². The predicted octanol–water partition coefficient (Wildman–Crippen LogP) is 4.55. The molecule has 1 aliphatic carbocycles. The molecule has 0 radical (unpaired) electrons. The minimum Gasteiger partial charge on any atom is -0.463 e. The molecular formula is C27H33NO6. The van der Waals surface area contributed by atoms with Crippen LogP contribution in [-0.2, 0) is 28.6 Å². The molecule has 1 saturated carbocycles. The lowest BCUT2D eigenvalue weighted by atomic mass is 9.78. The molecule has 0 bridgehead atoms. The van der Waals surface area contributed by atoms with Crippen molar-refractivity contribution in [3.8, 4) is 0 Å². The summed E-state index contributed by atoms with van der Waals surface area (Å²) in [6.45, 7) is 7.44. The van der Waals surface area contributed by atoms with Gasteiger partial charge in [0.1, 0.15) is 6.10 Å². The lowest BCUT2D eigenvalue weighted by molar-refractivity contribution is -0.143. The van der Waals surface area contributed by atoms with E-state index < -0.39 is 23.8 Å². The molecule has 2 aliphatic rings. The summed E-state index contributed by atoms with van der Waals surface area (Å²) in [6, 6.07) is 7.36. The molecule has 34 heavy (non-hydrogen) atoms. The largest absolute Gasteiger partial charge is 0.463 e. The smallest absolute Gasteiger partial charge is 0.336 e. The van der Waals surface area contributed by atoms with Crippen molar-refractivity contribution in [1.29, 1.82) is 0 Å². The third-order valence-corrected chi connectivity index (χ3v) is 6.04. The van der Waals surface area contributed by atoms with Gasteiger partial charge in [-0.2, -0.15) is 0 Å². The first kappa shape index (κ1) is 25.3. The average Bonchev–Trinajstić information content (AvgIpc) is 3.30. The number of hydrogen-bond donors (Lipinski definition) is 1. The molecule has 1 heterocycles. The Labute approximate surface area is 200 Å². The summed E-state index contributed by atoms with van der Waals surface area (Å²) >= 11 is 0. The van der Waals surface area contributed by atoms with Gasteiger partial charge in [0.2, 0.25) is 0 Å². The molecule has 1 aromatic carbocycles. The summed E-state index contributed by atoms with van der Waals surface area (Å²) in [6.07, 6.45) is 6.98. The monoisotopic (exact) mass is 467 g/mol. The number of ether oxygens (including phenoxy) is 3. The number of dihydropyridines is 1. The van der Waals surface area contributed by atoms with Crippen LogP contribution in [0.1, 0.15) is 70.4 Å². The van der Waals surface area contributed by atoms with Gasteiger partial charge in [-0.25, -0.2) is 14.4 Å². The Hall–Kier alpha value is -3.35. The zero-order chi connectivity index (χ0) is 24.7. The lowest BCUT2D eigenvalue weighted by Gasteiger charge is -2.31. The van der Waals surface area contributed by atoms with Gasteiger partial charge in [0.25, 0.3) is 0 Å². The Kier molecular flexibility index (Phi) is 8.68. The van der Waals surface area contributed by atoms with Crippen LogP contribution in [-0.4, -0.2) is 37.2 Å². The molecule has 1 fully saturated rings. The first-order valence-electron chi connectivity index (χ1n) is 11.9. The zero-order valence-electron chi connectivity index (χ0n) is 20.3. The second-order valence-corrected chi connectivity index (χ2v) is 8.38. The van der Waals surface area contributed by atoms with Gasteiger partial charge in [-0.1, -0.05) is 24.3 Å². The third kappa shape index (κ3) is 5.76. The molecule has 1 N–H and O–H groups in total. The van der Waals surface area contributed by atoms with Crippen molar-refractivity contribution in [3.63, 3.8) is 0 Å². The highest BCUT2D eigenvalue weighted by Gasteiger charge is 2.38. The molecule has 182 valence electrons. The molecule has 3 rings (SSSR count). The molecule has 0 atom stereocenters. The van der Waals surface area contributed by atoms with Crippen molar-refractivity contribution in [2.24, 2.45) is 0 Å². The second kappa shape index (κ2) is 11.7. The Balaban J connectivity index is 2.04. The maximum Gasteiger partial charge on any atom is 0.336 e. The molecule has 1 aromatic rings. The van der Waals surface area contributed by atoms with E-state index in [1.54, 1.807) is 33.8 Å². The van der Waals surface area contributed by atoms with Crippen LogP contribution in [0.5, 0.6) is 0 Å². The van der Waals surface area contributed by atoms with Gasteiger partial charge in [-0.05, 0) is 70.6 Å². The van der Waals surface area contributed by atoms with Crippen molar-refractivity contribution in [2.75, 3.05) is 13.2 Å². The topological polar surface area (TPSA) is 90.9 Å². The number of nitrogens with one attached hydrogen (secondary N) is 1. The zero-order valence-corrected chi connectivity index (χ0v) is 20.3. The highest BCUT2D eigenvalue weighted by Crippen LogP contribution is 2.41. The van der Waals surface area contributed by atoms with Crippen LogP contribution in [0.3, 0.4) is 0 Å². The molecule has 1 aliphatic heterocycles. The molecular weight excluding hydrogens is 434 g/mol. The maximum atomic E-state index is 13.0. The molecule has 0 saturated heterocycles. The van der Waals surface area contributed by atoms with E-state index in [1.807, 2.05) is 24.3 Å². The summed E-state index contributed by atoms with van der Waals surface area (Å²) in [5.41, 5.74) is 3.28. The van der Waals surface area contributed by atoms with Crippen molar-refractivity contribution >= 4 is 24.0 Å². The van der Waals surface area contributed by atoms with Gasteiger partial charge >= 0.3 is 17.9 Å². The van der Waals surface area contributed by atoms with Crippen LogP contribution in [0.4, 0.5) is 0 Å². The summed E-state index contributed by atoms with van der Waals surface area (Å²) in [5, 5.41) is 3.13. The van der Waals surface area contributed by atoms with Crippen LogP contribution in [0.2, 0.25) is 0 Å². The van der Waals surface area contributed by atoms with E-state index in [0.717, 1.165) is 25.7 Å². The summed E-state index contributed by atoms with van der Waals surface area (Å²) in [7, 11) is 0. The Bertz CT molecular complexity index is 989. The van der Waals surface area contributed by atoms with E-state index in [-0.39, 0.29) is 19.3 Å². The number of allylic oxidation sites excluding steroid dienone is 2. The van der Waals surface area contributed by atoms with Gasteiger partial charge in [0.05, 0.1) is 30.3 Å². The van der Waals surface area contributed by atoms with E-state index in [9.17, 15) is 14.4 Å². The van der Waals surface area contributed by atoms with Gasteiger partial charge in [-0.3, -0.25) is 0 Å². The van der Waals surface area contributed by atoms with E-state index in [1.165, 1.54) is 6.08 Å². The number of carbonyl (C=O) groups excluding carboxylic acids is 3. The van der Waals surface area contributed by atoms with Gasteiger partial charge < -0.3 is 19.5 Å². The van der Waals surface area contributed by atoms with Gasteiger partial charge in [-0.15, -0.1) is 0 Å². The number of rotatable bonds is 8. The fourth-order valence-electron chi connectivity index (χ4n) is 4.56. The van der Waals surface area contributed by atoms with Crippen LogP contribution >= 0.6 is 0 Å². The van der Waals surface area contributed by atoms with Crippen molar-refractivity contribution < 1.29 is 28.6 Å². The number of esters is 3. The van der Waals surface area contributed by atoms with Crippen molar-refractivity contribution in [2.45, 2.75) is 65.4 Å². The molecule has 0 aromatic heterocycles. The van der Waals surface area contributed by atoms with Crippen molar-refractivity contribution in [1.82, 2.24) is 5.32 Å². The molecule has 0 spiro atoms. The van der Waals surface area contributed by atoms with Crippen molar-refractivity contribution in [3.05, 3.63) is 64.0 Å². The van der Waals surface area contributed by atoms with Crippen LogP contribution in [0.25, 0.3) is 6.08 Å². The van der Waals surface area contributed by atoms with Crippen LogP contribution in [0.15, 0.2) is 52.9 Å². The minimum absolute atomic E-state index is 0.0289. The highest BCUT2D eigenvalue weighted by atomic mass is 16.5. The highest BCUT2D eigenvalue weighted by molar-refractivity contribution is 6.00. The van der Waals surface area contributed by atoms with E-state index >= 15 is 0 Å². The van der Waals surface area contributed by atoms with Gasteiger partial charge in [0, 0.05) is 17.5 Å². The lowest BCUT2D eigenvalue weighted by Crippen LogP contribution is -2.32. The fourth-order valence-corrected chi connectivity index (χ4v) is 4.56. The third-order valence-electron chi connectivity index (χ3n) is 6.04. The summed E-state index contributed by atoms with van der Waals surface area (Å²) in [4.78, 5) is 38.4. The number of benzene rings is 1. The SMILES string of the molecule is CCOC(=O)C1=C(C)NC(C)=C(C(=O)OCC)C1c1ccccc1/C=C/C(=O)OC1CCCC1. The average molecular weight is 468 g/mol.